The van der Waals surface area contributed by atoms with Crippen LogP contribution < -0.4 is 16.4 Å². The fraction of sp³-hybridized carbons (Fsp3) is 0.474. The van der Waals surface area contributed by atoms with Gasteiger partial charge >= 0.3 is 5.69 Å². The summed E-state index contributed by atoms with van der Waals surface area (Å²) in [6, 6.07) is 7.23. The van der Waals surface area contributed by atoms with Gasteiger partial charge in [-0.1, -0.05) is 12.1 Å². The molecule has 1 fully saturated rings. The van der Waals surface area contributed by atoms with Crippen LogP contribution in [0, 0.1) is 16.0 Å². The molecule has 0 unspecified atom stereocenters. The second-order valence-corrected chi connectivity index (χ2v) is 7.19. The monoisotopic (exact) mass is 386 g/mol. The highest BCUT2D eigenvalue weighted by Crippen LogP contribution is 2.26. The zero-order valence-corrected chi connectivity index (χ0v) is 15.7. The van der Waals surface area contributed by atoms with E-state index >= 15 is 0 Å². The van der Waals surface area contributed by atoms with Crippen molar-refractivity contribution in [1.29, 1.82) is 0 Å². The number of hydrogen-bond donors (Lipinski definition) is 4. The van der Waals surface area contributed by atoms with Crippen LogP contribution in [-0.4, -0.2) is 39.1 Å². The number of aromatic nitrogens is 2. The molecule has 0 aliphatic heterocycles. The molecular weight excluding hydrogens is 360 g/mol. The Morgan fingerprint density at radius 2 is 1.89 bits per heavy atom. The molecule has 1 saturated carbocycles. The van der Waals surface area contributed by atoms with Crippen LogP contribution in [-0.2, 0) is 6.42 Å². The molecule has 9 heteroatoms. The molecule has 1 aromatic heterocycles. The fourth-order valence-corrected chi connectivity index (χ4v) is 3.34. The number of aromatic hydroxyl groups is 1. The molecule has 0 bridgehead atoms. The van der Waals surface area contributed by atoms with Crippen molar-refractivity contribution in [1.82, 2.24) is 9.97 Å². The summed E-state index contributed by atoms with van der Waals surface area (Å²) in [5.41, 5.74) is 6.86. The molecular formula is C19H26N6O3. The summed E-state index contributed by atoms with van der Waals surface area (Å²) in [7, 11) is 0. The zero-order valence-electron chi connectivity index (χ0n) is 15.7. The summed E-state index contributed by atoms with van der Waals surface area (Å²) in [6.45, 7) is 1.21. The van der Waals surface area contributed by atoms with Crippen molar-refractivity contribution < 1.29 is 10.0 Å². The van der Waals surface area contributed by atoms with Gasteiger partial charge in [0.25, 0.3) is 0 Å². The summed E-state index contributed by atoms with van der Waals surface area (Å²) in [4.78, 5) is 19.2. The lowest BCUT2D eigenvalue weighted by Crippen LogP contribution is -2.29. The fourth-order valence-electron chi connectivity index (χ4n) is 3.34. The summed E-state index contributed by atoms with van der Waals surface area (Å²) >= 11 is 0. The van der Waals surface area contributed by atoms with E-state index in [1.807, 2.05) is 12.1 Å². The van der Waals surface area contributed by atoms with E-state index in [2.05, 4.69) is 20.6 Å². The van der Waals surface area contributed by atoms with E-state index in [4.69, 9.17) is 5.73 Å². The first-order valence-corrected chi connectivity index (χ1v) is 9.54. The van der Waals surface area contributed by atoms with Gasteiger partial charge in [-0.25, -0.2) is 4.98 Å². The molecule has 28 heavy (non-hydrogen) atoms. The van der Waals surface area contributed by atoms with Crippen LogP contribution >= 0.6 is 0 Å². The maximum Gasteiger partial charge on any atom is 0.329 e. The zero-order chi connectivity index (χ0) is 19.9. The number of nitrogens with two attached hydrogens (primary N) is 1. The minimum atomic E-state index is -0.473. The van der Waals surface area contributed by atoms with E-state index in [1.165, 1.54) is 6.20 Å². The maximum absolute atomic E-state index is 11.3. The third kappa shape index (κ3) is 5.53. The lowest BCUT2D eigenvalue weighted by atomic mass is 9.86. The van der Waals surface area contributed by atoms with Gasteiger partial charge in [0.15, 0.2) is 0 Å². The van der Waals surface area contributed by atoms with Crippen molar-refractivity contribution in [3.63, 3.8) is 0 Å². The molecule has 0 radical (unpaired) electrons. The smallest absolute Gasteiger partial charge is 0.329 e. The first-order chi connectivity index (χ1) is 13.5. The van der Waals surface area contributed by atoms with Gasteiger partial charge < -0.3 is 21.5 Å². The first-order valence-electron chi connectivity index (χ1n) is 9.54. The van der Waals surface area contributed by atoms with Gasteiger partial charge in [0.1, 0.15) is 11.9 Å². The Balaban J connectivity index is 1.58. The number of nitro groups is 1. The van der Waals surface area contributed by atoms with Gasteiger partial charge in [0, 0.05) is 19.1 Å². The number of rotatable bonds is 8. The molecule has 3 rings (SSSR count). The number of phenols is 1. The van der Waals surface area contributed by atoms with E-state index in [0.29, 0.717) is 31.4 Å². The third-order valence-corrected chi connectivity index (χ3v) is 5.05. The van der Waals surface area contributed by atoms with Crippen LogP contribution in [0.4, 0.5) is 17.5 Å². The number of hydrogen-bond acceptors (Lipinski definition) is 8. The number of phenolic OH excluding ortho intramolecular Hbond substituents is 1. The number of benzene rings is 1. The van der Waals surface area contributed by atoms with Gasteiger partial charge in [-0.05, 0) is 55.7 Å². The van der Waals surface area contributed by atoms with Gasteiger partial charge in [0.05, 0.1) is 4.92 Å². The summed E-state index contributed by atoms with van der Waals surface area (Å²) in [5.74, 6) is 1.26. The molecule has 0 spiro atoms. The van der Waals surface area contributed by atoms with Crippen molar-refractivity contribution in [3.8, 4) is 5.75 Å². The van der Waals surface area contributed by atoms with Gasteiger partial charge in [-0.2, -0.15) is 4.98 Å². The highest BCUT2D eigenvalue weighted by atomic mass is 16.6. The van der Waals surface area contributed by atoms with E-state index in [0.717, 1.165) is 31.2 Å². The topological polar surface area (TPSA) is 139 Å². The van der Waals surface area contributed by atoms with Crippen molar-refractivity contribution >= 4 is 17.5 Å². The Morgan fingerprint density at radius 1 is 1.18 bits per heavy atom. The summed E-state index contributed by atoms with van der Waals surface area (Å²) < 4.78 is 0. The molecule has 150 valence electrons. The minimum Gasteiger partial charge on any atom is -0.508 e. The van der Waals surface area contributed by atoms with Crippen LogP contribution in [0.2, 0.25) is 0 Å². The molecule has 2 aromatic rings. The van der Waals surface area contributed by atoms with Gasteiger partial charge in [-0.3, -0.25) is 10.1 Å². The van der Waals surface area contributed by atoms with E-state index in [1.54, 1.807) is 12.1 Å². The molecule has 5 N–H and O–H groups in total. The highest BCUT2D eigenvalue weighted by Gasteiger charge is 2.21. The van der Waals surface area contributed by atoms with Crippen molar-refractivity contribution in [2.45, 2.75) is 38.1 Å². The van der Waals surface area contributed by atoms with Crippen LogP contribution in [0.1, 0.15) is 31.2 Å². The minimum absolute atomic E-state index is 0.128. The van der Waals surface area contributed by atoms with Crippen LogP contribution in [0.5, 0.6) is 5.75 Å². The first kappa shape index (κ1) is 19.8. The normalized spacial score (nSPS) is 19.2. The van der Waals surface area contributed by atoms with E-state index < -0.39 is 4.92 Å². The number of nitrogens with zero attached hydrogens (tertiary/aromatic N) is 3. The highest BCUT2D eigenvalue weighted by molar-refractivity contribution is 5.57. The summed E-state index contributed by atoms with van der Waals surface area (Å²) in [5, 5.41) is 26.8. The quantitative estimate of drug-likeness (QED) is 0.401. The molecule has 1 aliphatic rings. The lowest BCUT2D eigenvalue weighted by molar-refractivity contribution is -0.384. The molecule has 9 nitrogen and oxygen atoms in total. The maximum atomic E-state index is 11.3. The van der Waals surface area contributed by atoms with E-state index in [-0.39, 0.29) is 23.3 Å². The van der Waals surface area contributed by atoms with Crippen LogP contribution in [0.25, 0.3) is 0 Å². The van der Waals surface area contributed by atoms with Crippen molar-refractivity contribution in [3.05, 3.63) is 46.1 Å². The lowest BCUT2D eigenvalue weighted by Gasteiger charge is -2.26. The standard InChI is InChI=1S/C19H26N6O3/c20-15-5-1-14(2-6-15)11-22-18-17(25(27)28)12-23-19(24-18)21-10-9-13-3-7-16(26)8-4-13/h3-4,7-8,12,14-15,26H,1-2,5-6,9-11,20H2,(H2,21,22,23,24)/t14-,15-. The number of nitrogens with one attached hydrogen (secondary N) is 2. The summed E-state index contributed by atoms with van der Waals surface area (Å²) in [6.07, 6.45) is 5.96. The van der Waals surface area contributed by atoms with Crippen molar-refractivity contribution in [2.75, 3.05) is 23.7 Å². The average molecular weight is 386 g/mol. The second kappa shape index (κ2) is 9.32. The molecule has 1 aliphatic carbocycles. The van der Waals surface area contributed by atoms with Crippen LogP contribution in [0.15, 0.2) is 30.5 Å². The molecule has 0 amide bonds. The molecule has 0 saturated heterocycles. The Morgan fingerprint density at radius 3 is 2.57 bits per heavy atom. The second-order valence-electron chi connectivity index (χ2n) is 7.19. The SMILES string of the molecule is N[C@H]1CC[C@H](CNc2nc(NCCc3ccc(O)cc3)ncc2[N+](=O)[O-])CC1. The Kier molecular flexibility index (Phi) is 6.59. The Hall–Kier alpha value is -2.94. The predicted octanol–water partition coefficient (Wildman–Crippen LogP) is 2.67. The average Bonchev–Trinajstić information content (AvgIpc) is 2.69. The predicted molar refractivity (Wildman–Crippen MR) is 107 cm³/mol. The van der Waals surface area contributed by atoms with Crippen molar-refractivity contribution in [2.24, 2.45) is 11.7 Å². The molecule has 1 heterocycles. The Labute approximate surface area is 163 Å². The van der Waals surface area contributed by atoms with Gasteiger partial charge in [-0.15, -0.1) is 0 Å². The Bertz CT molecular complexity index is 791. The van der Waals surface area contributed by atoms with E-state index in [9.17, 15) is 15.2 Å². The van der Waals surface area contributed by atoms with Gasteiger partial charge in [0.2, 0.25) is 11.8 Å². The molecule has 1 aromatic carbocycles. The van der Waals surface area contributed by atoms with Crippen LogP contribution in [0.3, 0.4) is 0 Å². The number of anilines is 2. The largest absolute Gasteiger partial charge is 0.508 e. The third-order valence-electron chi connectivity index (χ3n) is 5.05. The molecule has 0 atom stereocenters.